The predicted octanol–water partition coefficient (Wildman–Crippen LogP) is 1.64. The molecule has 0 radical (unpaired) electrons. The van der Waals surface area contributed by atoms with Gasteiger partial charge >= 0.3 is 0 Å². The van der Waals surface area contributed by atoms with Gasteiger partial charge in [-0.1, -0.05) is 0 Å². The summed E-state index contributed by atoms with van der Waals surface area (Å²) < 4.78 is 32.6. The molecular weight excluding hydrogens is 312 g/mol. The molecule has 0 aliphatic heterocycles. The lowest BCUT2D eigenvalue weighted by Crippen LogP contribution is -2.04. The standard InChI is InChI=1S/C10H11BrO5S/c1-15-7-5-9(17(3,13)14)8(16-2)4-6(7)10(11)12/h4-5H,1-3H3. The van der Waals surface area contributed by atoms with Crippen LogP contribution in [-0.4, -0.2) is 33.6 Å². The Bertz CT molecular complexity index is 550. The van der Waals surface area contributed by atoms with E-state index in [0.29, 0.717) is 0 Å². The molecule has 0 saturated heterocycles. The molecule has 0 bridgehead atoms. The number of hydrogen-bond acceptors (Lipinski definition) is 5. The van der Waals surface area contributed by atoms with Crippen LogP contribution >= 0.6 is 15.9 Å². The van der Waals surface area contributed by atoms with E-state index in [9.17, 15) is 13.2 Å². The highest BCUT2D eigenvalue weighted by molar-refractivity contribution is 9.18. The minimum atomic E-state index is -3.45. The van der Waals surface area contributed by atoms with Gasteiger partial charge in [0, 0.05) is 12.3 Å². The van der Waals surface area contributed by atoms with Crippen LogP contribution in [0.4, 0.5) is 0 Å². The zero-order valence-electron chi connectivity index (χ0n) is 9.48. The van der Waals surface area contributed by atoms with E-state index >= 15 is 0 Å². The molecule has 94 valence electrons. The van der Waals surface area contributed by atoms with Crippen molar-refractivity contribution >= 4 is 30.5 Å². The van der Waals surface area contributed by atoms with Gasteiger partial charge in [-0.3, -0.25) is 4.79 Å². The summed E-state index contributed by atoms with van der Waals surface area (Å²) in [5.41, 5.74) is 0.205. The lowest BCUT2D eigenvalue weighted by atomic mass is 10.2. The number of benzene rings is 1. The van der Waals surface area contributed by atoms with E-state index in [0.717, 1.165) is 6.26 Å². The Morgan fingerprint density at radius 3 is 2.06 bits per heavy atom. The Morgan fingerprint density at radius 1 is 1.18 bits per heavy atom. The third-order valence-electron chi connectivity index (χ3n) is 2.10. The molecule has 17 heavy (non-hydrogen) atoms. The Labute approximate surface area is 108 Å². The summed E-state index contributed by atoms with van der Waals surface area (Å²) in [6.07, 6.45) is 1.06. The van der Waals surface area contributed by atoms with Crippen molar-refractivity contribution in [3.05, 3.63) is 17.7 Å². The Kier molecular flexibility index (Phi) is 4.16. The number of halogens is 1. The van der Waals surface area contributed by atoms with Crippen LogP contribution in [0.3, 0.4) is 0 Å². The minimum absolute atomic E-state index is 0.0191. The third kappa shape index (κ3) is 2.98. The molecule has 0 spiro atoms. The highest BCUT2D eigenvalue weighted by Crippen LogP contribution is 2.33. The first-order chi connectivity index (χ1) is 7.81. The molecule has 5 nitrogen and oxygen atoms in total. The molecule has 0 amide bonds. The summed E-state index contributed by atoms with van der Waals surface area (Å²) in [6, 6.07) is 2.59. The molecule has 0 aromatic heterocycles. The fourth-order valence-corrected chi connectivity index (χ4v) is 2.45. The van der Waals surface area contributed by atoms with Gasteiger partial charge in [0.2, 0.25) is 4.69 Å². The summed E-state index contributed by atoms with van der Waals surface area (Å²) in [5.74, 6) is 0.282. The fourth-order valence-electron chi connectivity index (χ4n) is 1.31. The van der Waals surface area contributed by atoms with Gasteiger partial charge in [-0.05, 0) is 22.0 Å². The van der Waals surface area contributed by atoms with Crippen LogP contribution in [0.1, 0.15) is 10.4 Å². The van der Waals surface area contributed by atoms with Gasteiger partial charge in [-0.25, -0.2) is 8.42 Å². The molecule has 0 unspecified atom stereocenters. The van der Waals surface area contributed by atoms with Crippen LogP contribution in [-0.2, 0) is 9.84 Å². The van der Waals surface area contributed by atoms with Crippen molar-refractivity contribution in [3.8, 4) is 11.5 Å². The Balaban J connectivity index is 3.61. The van der Waals surface area contributed by atoms with E-state index < -0.39 is 14.5 Å². The maximum Gasteiger partial charge on any atom is 0.231 e. The normalized spacial score (nSPS) is 11.1. The molecular formula is C10H11BrO5S. The molecule has 0 heterocycles. The van der Waals surface area contributed by atoms with Crippen molar-refractivity contribution < 1.29 is 22.7 Å². The molecule has 0 atom stereocenters. The fraction of sp³-hybridized carbons (Fsp3) is 0.300. The highest BCUT2D eigenvalue weighted by Gasteiger charge is 2.20. The smallest absolute Gasteiger partial charge is 0.231 e. The average molecular weight is 323 g/mol. The number of carbonyl (C=O) groups excluding carboxylic acids is 1. The lowest BCUT2D eigenvalue weighted by molar-refractivity contribution is 0.109. The first-order valence-corrected chi connectivity index (χ1v) is 7.15. The van der Waals surface area contributed by atoms with Crippen molar-refractivity contribution in [3.63, 3.8) is 0 Å². The van der Waals surface area contributed by atoms with E-state index in [-0.39, 0.29) is 22.0 Å². The van der Waals surface area contributed by atoms with Crippen molar-refractivity contribution in [1.29, 1.82) is 0 Å². The second-order valence-electron chi connectivity index (χ2n) is 3.25. The molecule has 0 saturated carbocycles. The first-order valence-electron chi connectivity index (χ1n) is 4.47. The van der Waals surface area contributed by atoms with E-state index in [1.165, 1.54) is 26.4 Å². The summed E-state index contributed by atoms with van der Waals surface area (Å²) in [4.78, 5) is 11.3. The van der Waals surface area contributed by atoms with Crippen LogP contribution in [0.2, 0.25) is 0 Å². The van der Waals surface area contributed by atoms with Gasteiger partial charge < -0.3 is 9.47 Å². The zero-order chi connectivity index (χ0) is 13.2. The van der Waals surface area contributed by atoms with Gasteiger partial charge in [0.15, 0.2) is 9.84 Å². The zero-order valence-corrected chi connectivity index (χ0v) is 11.9. The molecule has 7 heteroatoms. The van der Waals surface area contributed by atoms with E-state index in [1.54, 1.807) is 0 Å². The average Bonchev–Trinajstić information content (AvgIpc) is 2.25. The Morgan fingerprint density at radius 2 is 1.71 bits per heavy atom. The largest absolute Gasteiger partial charge is 0.496 e. The number of methoxy groups -OCH3 is 2. The maximum absolute atomic E-state index is 11.5. The molecule has 1 aromatic rings. The number of carbonyl (C=O) groups is 1. The second kappa shape index (κ2) is 5.05. The first kappa shape index (κ1) is 14.0. The number of hydrogen-bond donors (Lipinski definition) is 0. The highest BCUT2D eigenvalue weighted by atomic mass is 79.9. The van der Waals surface area contributed by atoms with Gasteiger partial charge in [0.05, 0.1) is 19.8 Å². The second-order valence-corrected chi connectivity index (χ2v) is 5.95. The van der Waals surface area contributed by atoms with Gasteiger partial charge in [-0.15, -0.1) is 0 Å². The van der Waals surface area contributed by atoms with Crippen LogP contribution in [0, 0.1) is 0 Å². The predicted molar refractivity (Wildman–Crippen MR) is 65.9 cm³/mol. The van der Waals surface area contributed by atoms with Crippen molar-refractivity contribution in [2.24, 2.45) is 0 Å². The molecule has 0 fully saturated rings. The quantitative estimate of drug-likeness (QED) is 0.788. The molecule has 1 rings (SSSR count). The summed E-state index contributed by atoms with van der Waals surface area (Å²) >= 11 is 2.79. The van der Waals surface area contributed by atoms with Crippen molar-refractivity contribution in [1.82, 2.24) is 0 Å². The Hall–Kier alpha value is -1.08. The summed E-state index contributed by atoms with van der Waals surface area (Å²) in [6.45, 7) is 0. The van der Waals surface area contributed by atoms with E-state index in [1.807, 2.05) is 0 Å². The van der Waals surface area contributed by atoms with Crippen LogP contribution in [0.15, 0.2) is 17.0 Å². The van der Waals surface area contributed by atoms with Crippen LogP contribution in [0.25, 0.3) is 0 Å². The third-order valence-corrected chi connectivity index (χ3v) is 3.64. The van der Waals surface area contributed by atoms with Crippen molar-refractivity contribution in [2.45, 2.75) is 4.90 Å². The monoisotopic (exact) mass is 322 g/mol. The van der Waals surface area contributed by atoms with E-state index in [4.69, 9.17) is 9.47 Å². The topological polar surface area (TPSA) is 69.7 Å². The van der Waals surface area contributed by atoms with Crippen LogP contribution in [0.5, 0.6) is 11.5 Å². The maximum atomic E-state index is 11.5. The SMILES string of the molecule is COc1cc(S(C)(=O)=O)c(OC)cc1C(=O)Br. The molecule has 0 N–H and O–H groups in total. The number of ether oxygens (including phenoxy) is 2. The summed E-state index contributed by atoms with van der Waals surface area (Å²) in [5, 5.41) is 0. The van der Waals surface area contributed by atoms with Gasteiger partial charge in [0.25, 0.3) is 0 Å². The molecule has 0 aliphatic carbocycles. The number of rotatable bonds is 4. The van der Waals surface area contributed by atoms with E-state index in [2.05, 4.69) is 15.9 Å². The lowest BCUT2D eigenvalue weighted by Gasteiger charge is -2.11. The van der Waals surface area contributed by atoms with Crippen molar-refractivity contribution in [2.75, 3.05) is 20.5 Å². The van der Waals surface area contributed by atoms with Crippen LogP contribution < -0.4 is 9.47 Å². The minimum Gasteiger partial charge on any atom is -0.496 e. The number of sulfone groups is 1. The molecule has 0 aliphatic rings. The van der Waals surface area contributed by atoms with Gasteiger partial charge in [0.1, 0.15) is 16.4 Å². The summed E-state index contributed by atoms with van der Waals surface area (Å²) in [7, 11) is -0.765. The molecule has 1 aromatic carbocycles. The van der Waals surface area contributed by atoms with Gasteiger partial charge in [-0.2, -0.15) is 0 Å².